The van der Waals surface area contributed by atoms with Crippen LogP contribution >= 0.6 is 11.3 Å². The summed E-state index contributed by atoms with van der Waals surface area (Å²) in [6.07, 6.45) is 2.43. The average molecular weight is 316 g/mol. The first-order chi connectivity index (χ1) is 9.40. The third-order valence-electron chi connectivity index (χ3n) is 2.72. The van der Waals surface area contributed by atoms with Gasteiger partial charge in [0, 0.05) is 31.4 Å². The highest BCUT2D eigenvalue weighted by atomic mass is 32.2. The van der Waals surface area contributed by atoms with Crippen molar-refractivity contribution in [3.8, 4) is 0 Å². The number of carbonyl (C=O) groups excluding carboxylic acids is 1. The molecule has 7 heteroatoms. The van der Waals surface area contributed by atoms with Crippen molar-refractivity contribution in [1.29, 1.82) is 0 Å². The number of hydrogen-bond donors (Lipinski definition) is 1. The summed E-state index contributed by atoms with van der Waals surface area (Å²) in [7, 11) is -3.48. The fraction of sp³-hybridized carbons (Fsp3) is 0.462. The maximum Gasteiger partial charge on any atom is 0.250 e. The normalized spacial score (nSPS) is 11.3. The Hall–Kier alpha value is -1.18. The highest BCUT2D eigenvalue weighted by Gasteiger charge is 2.16. The van der Waals surface area contributed by atoms with Crippen LogP contribution in [-0.4, -0.2) is 38.9 Å². The Bertz CT molecular complexity index is 564. The highest BCUT2D eigenvalue weighted by molar-refractivity contribution is 7.91. The minimum absolute atomic E-state index is 0.103. The maximum atomic E-state index is 12.0. The Morgan fingerprint density at radius 3 is 2.70 bits per heavy atom. The van der Waals surface area contributed by atoms with Crippen molar-refractivity contribution in [2.45, 2.75) is 24.5 Å². The summed E-state index contributed by atoms with van der Waals surface area (Å²) in [5.74, 6) is -0.103. The molecule has 112 valence electrons. The SMILES string of the molecule is C=CCN(CCNS(=O)(=O)c1ccc(CC)s1)C(C)=O. The first kappa shape index (κ1) is 16.9. The lowest BCUT2D eigenvalue weighted by atomic mass is 10.4. The van der Waals surface area contributed by atoms with Gasteiger partial charge in [0.25, 0.3) is 0 Å². The molecule has 0 unspecified atom stereocenters. The van der Waals surface area contributed by atoms with Crippen LogP contribution in [-0.2, 0) is 21.2 Å². The molecule has 1 aromatic rings. The van der Waals surface area contributed by atoms with E-state index >= 15 is 0 Å². The first-order valence-electron chi connectivity index (χ1n) is 6.35. The number of sulfonamides is 1. The average Bonchev–Trinajstić information content (AvgIpc) is 2.87. The van der Waals surface area contributed by atoms with Gasteiger partial charge in [0.15, 0.2) is 0 Å². The summed E-state index contributed by atoms with van der Waals surface area (Å²) >= 11 is 1.27. The molecule has 0 saturated heterocycles. The monoisotopic (exact) mass is 316 g/mol. The molecule has 1 rings (SSSR count). The third-order valence-corrected chi connectivity index (χ3v) is 5.90. The number of amides is 1. The molecule has 1 heterocycles. The molecule has 0 atom stereocenters. The number of nitrogens with one attached hydrogen (secondary N) is 1. The molecule has 1 amide bonds. The van der Waals surface area contributed by atoms with E-state index in [0.717, 1.165) is 11.3 Å². The van der Waals surface area contributed by atoms with Gasteiger partial charge >= 0.3 is 0 Å². The van der Waals surface area contributed by atoms with E-state index in [4.69, 9.17) is 0 Å². The van der Waals surface area contributed by atoms with Crippen LogP contribution in [0.25, 0.3) is 0 Å². The minimum Gasteiger partial charge on any atom is -0.338 e. The van der Waals surface area contributed by atoms with E-state index in [1.54, 1.807) is 12.1 Å². The van der Waals surface area contributed by atoms with E-state index in [9.17, 15) is 13.2 Å². The molecule has 1 aromatic heterocycles. The molecule has 0 fully saturated rings. The second-order valence-corrected chi connectivity index (χ2v) is 7.39. The van der Waals surface area contributed by atoms with Crippen molar-refractivity contribution in [2.24, 2.45) is 0 Å². The van der Waals surface area contributed by atoms with Gasteiger partial charge in [-0.1, -0.05) is 13.0 Å². The second-order valence-electron chi connectivity index (χ2n) is 4.23. The van der Waals surface area contributed by atoms with Gasteiger partial charge in [0.2, 0.25) is 15.9 Å². The summed E-state index contributed by atoms with van der Waals surface area (Å²) in [6.45, 7) is 7.93. The zero-order valence-electron chi connectivity index (χ0n) is 11.8. The van der Waals surface area contributed by atoms with Gasteiger partial charge in [-0.25, -0.2) is 13.1 Å². The van der Waals surface area contributed by atoms with Crippen LogP contribution in [0.15, 0.2) is 29.0 Å². The van der Waals surface area contributed by atoms with Crippen molar-refractivity contribution >= 4 is 27.3 Å². The molecular weight excluding hydrogens is 296 g/mol. The molecular formula is C13H20N2O3S2. The Morgan fingerprint density at radius 1 is 1.50 bits per heavy atom. The maximum absolute atomic E-state index is 12.0. The zero-order valence-corrected chi connectivity index (χ0v) is 13.4. The van der Waals surface area contributed by atoms with Gasteiger partial charge in [-0.05, 0) is 18.6 Å². The van der Waals surface area contributed by atoms with E-state index in [0.29, 0.717) is 17.3 Å². The van der Waals surface area contributed by atoms with E-state index in [1.807, 2.05) is 13.0 Å². The van der Waals surface area contributed by atoms with Crippen molar-refractivity contribution in [2.75, 3.05) is 19.6 Å². The van der Waals surface area contributed by atoms with Gasteiger partial charge in [0.1, 0.15) is 4.21 Å². The van der Waals surface area contributed by atoms with Crippen molar-refractivity contribution in [1.82, 2.24) is 9.62 Å². The van der Waals surface area contributed by atoms with E-state index in [-0.39, 0.29) is 12.5 Å². The van der Waals surface area contributed by atoms with Crippen molar-refractivity contribution < 1.29 is 13.2 Å². The summed E-state index contributed by atoms with van der Waals surface area (Å²) in [6, 6.07) is 3.43. The molecule has 0 saturated carbocycles. The topological polar surface area (TPSA) is 66.5 Å². The van der Waals surface area contributed by atoms with E-state index in [1.165, 1.54) is 23.2 Å². The zero-order chi connectivity index (χ0) is 15.2. The summed E-state index contributed by atoms with van der Waals surface area (Å²) < 4.78 is 26.9. The molecule has 1 N–H and O–H groups in total. The summed E-state index contributed by atoms with van der Waals surface area (Å²) in [5.41, 5.74) is 0. The number of carbonyl (C=O) groups is 1. The fourth-order valence-electron chi connectivity index (χ4n) is 1.61. The number of aryl methyl sites for hydroxylation is 1. The van der Waals surface area contributed by atoms with Crippen LogP contribution in [0.1, 0.15) is 18.7 Å². The minimum atomic E-state index is -3.48. The number of rotatable bonds is 8. The summed E-state index contributed by atoms with van der Waals surface area (Å²) in [4.78, 5) is 13.9. The third kappa shape index (κ3) is 4.73. The lowest BCUT2D eigenvalue weighted by molar-refractivity contribution is -0.128. The van der Waals surface area contributed by atoms with Crippen LogP contribution in [0, 0.1) is 0 Å². The summed E-state index contributed by atoms with van der Waals surface area (Å²) in [5, 5.41) is 0. The Balaban J connectivity index is 2.59. The number of thiophene rings is 1. The van der Waals surface area contributed by atoms with Crippen LogP contribution in [0.5, 0.6) is 0 Å². The molecule has 0 bridgehead atoms. The predicted molar refractivity (Wildman–Crippen MR) is 81.3 cm³/mol. The fourth-order valence-corrected chi connectivity index (χ4v) is 3.97. The molecule has 20 heavy (non-hydrogen) atoms. The molecule has 0 radical (unpaired) electrons. The second kappa shape index (κ2) is 7.56. The lowest BCUT2D eigenvalue weighted by Crippen LogP contribution is -2.37. The molecule has 0 aliphatic rings. The highest BCUT2D eigenvalue weighted by Crippen LogP contribution is 2.21. The standard InChI is InChI=1S/C13H20N2O3S2/c1-4-9-15(11(3)16)10-8-14-20(17,18)13-7-6-12(5-2)19-13/h4,6-7,14H,1,5,8-10H2,2-3H3. The van der Waals surface area contributed by atoms with Gasteiger partial charge in [0.05, 0.1) is 0 Å². The van der Waals surface area contributed by atoms with Gasteiger partial charge in [-0.3, -0.25) is 4.79 Å². The molecule has 0 aromatic carbocycles. The molecule has 0 spiro atoms. The first-order valence-corrected chi connectivity index (χ1v) is 8.65. The van der Waals surface area contributed by atoms with Gasteiger partial charge in [-0.2, -0.15) is 0 Å². The van der Waals surface area contributed by atoms with Gasteiger partial charge in [-0.15, -0.1) is 17.9 Å². The van der Waals surface area contributed by atoms with Gasteiger partial charge < -0.3 is 4.90 Å². The van der Waals surface area contributed by atoms with Crippen molar-refractivity contribution in [3.05, 3.63) is 29.7 Å². The van der Waals surface area contributed by atoms with Crippen LogP contribution in [0.2, 0.25) is 0 Å². The van der Waals surface area contributed by atoms with E-state index in [2.05, 4.69) is 11.3 Å². The predicted octanol–water partition coefficient (Wildman–Crippen LogP) is 1.62. The largest absolute Gasteiger partial charge is 0.338 e. The number of hydrogen-bond acceptors (Lipinski definition) is 4. The Kier molecular flexibility index (Phi) is 6.38. The van der Waals surface area contributed by atoms with Crippen LogP contribution in [0.3, 0.4) is 0 Å². The van der Waals surface area contributed by atoms with Crippen LogP contribution in [0.4, 0.5) is 0 Å². The smallest absolute Gasteiger partial charge is 0.250 e. The molecule has 0 aliphatic carbocycles. The molecule has 0 aliphatic heterocycles. The lowest BCUT2D eigenvalue weighted by Gasteiger charge is -2.19. The molecule has 5 nitrogen and oxygen atoms in total. The van der Waals surface area contributed by atoms with Crippen LogP contribution < -0.4 is 4.72 Å². The number of nitrogens with zero attached hydrogens (tertiary/aromatic N) is 1. The van der Waals surface area contributed by atoms with Crippen molar-refractivity contribution in [3.63, 3.8) is 0 Å². The quantitative estimate of drug-likeness (QED) is 0.741. The Morgan fingerprint density at radius 2 is 2.20 bits per heavy atom. The van der Waals surface area contributed by atoms with E-state index < -0.39 is 10.0 Å². The Labute approximate surface area is 124 Å².